The van der Waals surface area contributed by atoms with Gasteiger partial charge in [0.05, 0.1) is 5.69 Å². The van der Waals surface area contributed by atoms with Gasteiger partial charge in [-0.1, -0.05) is 30.3 Å². The Morgan fingerprint density at radius 2 is 1.83 bits per heavy atom. The molecular formula is C23H14FN3O2S. The largest absolute Gasteiger partial charge is 0.457 e. The Morgan fingerprint density at radius 3 is 2.57 bits per heavy atom. The van der Waals surface area contributed by atoms with Gasteiger partial charge in [-0.15, -0.1) is 11.3 Å². The summed E-state index contributed by atoms with van der Waals surface area (Å²) in [6.45, 7) is 0. The molecular weight excluding hydrogens is 401 g/mol. The van der Waals surface area contributed by atoms with Crippen LogP contribution >= 0.6 is 11.3 Å². The fraction of sp³-hybridized carbons (Fsp3) is 0. The minimum Gasteiger partial charge on any atom is -0.457 e. The highest BCUT2D eigenvalue weighted by molar-refractivity contribution is 7.14. The zero-order chi connectivity index (χ0) is 20.9. The van der Waals surface area contributed by atoms with E-state index in [1.807, 2.05) is 41.8 Å². The SMILES string of the molecule is N#C/C(=C/c1ccc(-c2ccc(F)cc2)o1)C(=O)Nc1nc(-c2ccccc2)cs1. The number of furan rings is 1. The zero-order valence-corrected chi connectivity index (χ0v) is 16.3. The van der Waals surface area contributed by atoms with Crippen molar-refractivity contribution in [3.05, 3.63) is 89.3 Å². The highest BCUT2D eigenvalue weighted by Gasteiger charge is 2.14. The number of anilines is 1. The summed E-state index contributed by atoms with van der Waals surface area (Å²) in [6.07, 6.45) is 1.36. The van der Waals surface area contributed by atoms with Crippen LogP contribution in [0.4, 0.5) is 9.52 Å². The van der Waals surface area contributed by atoms with Gasteiger partial charge in [0, 0.05) is 22.6 Å². The smallest absolute Gasteiger partial charge is 0.268 e. The lowest BCUT2D eigenvalue weighted by Crippen LogP contribution is -2.13. The zero-order valence-electron chi connectivity index (χ0n) is 15.5. The van der Waals surface area contributed by atoms with E-state index >= 15 is 0 Å². The molecule has 4 rings (SSSR count). The first-order valence-corrected chi connectivity index (χ1v) is 9.80. The Kier molecular flexibility index (Phi) is 5.50. The molecule has 0 bridgehead atoms. The summed E-state index contributed by atoms with van der Waals surface area (Å²) in [4.78, 5) is 16.9. The monoisotopic (exact) mass is 415 g/mol. The van der Waals surface area contributed by atoms with E-state index in [0.717, 1.165) is 11.3 Å². The lowest BCUT2D eigenvalue weighted by Gasteiger charge is -2.00. The lowest BCUT2D eigenvalue weighted by molar-refractivity contribution is -0.112. The quantitative estimate of drug-likeness (QED) is 0.332. The summed E-state index contributed by atoms with van der Waals surface area (Å²) in [5.41, 5.74) is 2.25. The van der Waals surface area contributed by atoms with Crippen LogP contribution in [0.2, 0.25) is 0 Å². The van der Waals surface area contributed by atoms with E-state index in [1.54, 1.807) is 24.3 Å². The highest BCUT2D eigenvalue weighted by atomic mass is 32.1. The third-order valence-corrected chi connectivity index (χ3v) is 4.96. The summed E-state index contributed by atoms with van der Waals surface area (Å²) in [7, 11) is 0. The van der Waals surface area contributed by atoms with Crippen molar-refractivity contribution in [2.75, 3.05) is 5.32 Å². The van der Waals surface area contributed by atoms with Crippen molar-refractivity contribution in [3.63, 3.8) is 0 Å². The van der Waals surface area contributed by atoms with Crippen LogP contribution in [0.1, 0.15) is 5.76 Å². The molecule has 0 radical (unpaired) electrons. The number of nitrogens with one attached hydrogen (secondary N) is 1. The van der Waals surface area contributed by atoms with E-state index < -0.39 is 5.91 Å². The van der Waals surface area contributed by atoms with Crippen molar-refractivity contribution >= 4 is 28.5 Å². The van der Waals surface area contributed by atoms with E-state index in [4.69, 9.17) is 4.42 Å². The van der Waals surface area contributed by atoms with Crippen LogP contribution in [0.25, 0.3) is 28.7 Å². The maximum absolute atomic E-state index is 13.1. The van der Waals surface area contributed by atoms with Crippen molar-refractivity contribution in [3.8, 4) is 28.7 Å². The molecule has 0 spiro atoms. The van der Waals surface area contributed by atoms with Gasteiger partial charge in [0.25, 0.3) is 5.91 Å². The van der Waals surface area contributed by atoms with Gasteiger partial charge in [-0.2, -0.15) is 5.26 Å². The van der Waals surface area contributed by atoms with Crippen LogP contribution in [-0.2, 0) is 4.79 Å². The first kappa shape index (κ1) is 19.3. The number of hydrogen-bond donors (Lipinski definition) is 1. The lowest BCUT2D eigenvalue weighted by atomic mass is 10.2. The van der Waals surface area contributed by atoms with E-state index in [2.05, 4.69) is 10.3 Å². The molecule has 0 saturated carbocycles. The third kappa shape index (κ3) is 4.35. The molecule has 0 saturated heterocycles. The summed E-state index contributed by atoms with van der Waals surface area (Å²) >= 11 is 1.28. The Hall–Kier alpha value is -4.02. The Labute approximate surface area is 175 Å². The fourth-order valence-corrected chi connectivity index (χ4v) is 3.44. The number of thiazole rings is 1. The summed E-state index contributed by atoms with van der Waals surface area (Å²) in [5, 5.41) is 14.3. The molecule has 146 valence electrons. The van der Waals surface area contributed by atoms with Gasteiger partial charge >= 0.3 is 0 Å². The molecule has 2 aromatic heterocycles. The number of aromatic nitrogens is 1. The van der Waals surface area contributed by atoms with Crippen molar-refractivity contribution in [2.24, 2.45) is 0 Å². The molecule has 0 fully saturated rings. The second-order valence-corrected chi connectivity index (χ2v) is 7.09. The Bertz CT molecular complexity index is 1250. The van der Waals surface area contributed by atoms with Crippen LogP contribution in [0.5, 0.6) is 0 Å². The minimum atomic E-state index is -0.578. The van der Waals surface area contributed by atoms with Crippen LogP contribution in [0, 0.1) is 17.1 Å². The molecule has 1 N–H and O–H groups in total. The minimum absolute atomic E-state index is 0.119. The van der Waals surface area contributed by atoms with Gasteiger partial charge in [0.2, 0.25) is 0 Å². The molecule has 2 aromatic carbocycles. The average molecular weight is 415 g/mol. The van der Waals surface area contributed by atoms with Gasteiger partial charge in [0.15, 0.2) is 5.13 Å². The number of nitrogens with zero attached hydrogens (tertiary/aromatic N) is 2. The van der Waals surface area contributed by atoms with Gasteiger partial charge in [-0.25, -0.2) is 9.37 Å². The molecule has 4 aromatic rings. The number of benzene rings is 2. The molecule has 7 heteroatoms. The van der Waals surface area contributed by atoms with Gasteiger partial charge in [-0.3, -0.25) is 10.1 Å². The molecule has 1 amide bonds. The van der Waals surface area contributed by atoms with Crippen LogP contribution in [0.3, 0.4) is 0 Å². The standard InChI is InChI=1S/C23H14FN3O2S/c24-18-8-6-16(7-9-18)21-11-10-19(29-21)12-17(13-25)22(28)27-23-26-20(14-30-23)15-4-2-1-3-5-15/h1-12,14H,(H,26,27,28)/b17-12-. The molecule has 30 heavy (non-hydrogen) atoms. The Balaban J connectivity index is 1.49. The summed E-state index contributed by atoms with van der Waals surface area (Å²) in [5.74, 6) is -0.0748. The van der Waals surface area contributed by atoms with E-state index in [0.29, 0.717) is 22.2 Å². The van der Waals surface area contributed by atoms with E-state index in [1.165, 1.54) is 29.5 Å². The first-order valence-electron chi connectivity index (χ1n) is 8.92. The van der Waals surface area contributed by atoms with Crippen LogP contribution in [0.15, 0.2) is 82.1 Å². The van der Waals surface area contributed by atoms with Crippen molar-refractivity contribution in [2.45, 2.75) is 0 Å². The average Bonchev–Trinajstić information content (AvgIpc) is 3.43. The fourth-order valence-electron chi connectivity index (χ4n) is 2.73. The normalized spacial score (nSPS) is 11.1. The topological polar surface area (TPSA) is 78.9 Å². The van der Waals surface area contributed by atoms with Crippen LogP contribution < -0.4 is 5.32 Å². The maximum Gasteiger partial charge on any atom is 0.268 e. The predicted molar refractivity (Wildman–Crippen MR) is 114 cm³/mol. The molecule has 5 nitrogen and oxygen atoms in total. The van der Waals surface area contributed by atoms with Gasteiger partial charge in [-0.05, 0) is 36.4 Å². The molecule has 0 aliphatic heterocycles. The second-order valence-electron chi connectivity index (χ2n) is 6.24. The number of rotatable bonds is 5. The number of nitriles is 1. The van der Waals surface area contributed by atoms with Crippen molar-refractivity contribution < 1.29 is 13.6 Å². The van der Waals surface area contributed by atoms with Crippen LogP contribution in [-0.4, -0.2) is 10.9 Å². The number of carbonyl (C=O) groups is 1. The molecule has 2 heterocycles. The number of carbonyl (C=O) groups excluding carboxylic acids is 1. The number of amides is 1. The summed E-state index contributed by atoms with van der Waals surface area (Å²) < 4.78 is 18.7. The number of halogens is 1. The Morgan fingerprint density at radius 1 is 1.07 bits per heavy atom. The maximum atomic E-state index is 13.1. The predicted octanol–water partition coefficient (Wildman–Crippen LogP) is 5.75. The first-order chi connectivity index (χ1) is 14.6. The molecule has 0 aliphatic carbocycles. The second kappa shape index (κ2) is 8.55. The summed E-state index contributed by atoms with van der Waals surface area (Å²) in [6, 6.07) is 20.6. The van der Waals surface area contributed by atoms with Gasteiger partial charge < -0.3 is 4.42 Å². The molecule has 0 aliphatic rings. The molecule has 0 atom stereocenters. The van der Waals surface area contributed by atoms with Gasteiger partial charge in [0.1, 0.15) is 29.0 Å². The van der Waals surface area contributed by atoms with Crippen molar-refractivity contribution in [1.29, 1.82) is 5.26 Å². The van der Waals surface area contributed by atoms with Crippen molar-refractivity contribution in [1.82, 2.24) is 4.98 Å². The molecule has 0 unspecified atom stereocenters. The third-order valence-electron chi connectivity index (χ3n) is 4.20. The highest BCUT2D eigenvalue weighted by Crippen LogP contribution is 2.26. The van der Waals surface area contributed by atoms with E-state index in [-0.39, 0.29) is 11.4 Å². The van der Waals surface area contributed by atoms with E-state index in [9.17, 15) is 14.4 Å². The number of hydrogen-bond acceptors (Lipinski definition) is 5.